The Morgan fingerprint density at radius 2 is 1.36 bits per heavy atom. The van der Waals surface area contributed by atoms with Crippen LogP contribution in [0.25, 0.3) is 0 Å². The Kier molecular flexibility index (Phi) is 3.13. The third-order valence-electron chi connectivity index (χ3n) is 3.67. The molecule has 0 N–H and O–H groups in total. The van der Waals surface area contributed by atoms with Crippen molar-refractivity contribution in [1.29, 1.82) is 5.26 Å². The lowest BCUT2D eigenvalue weighted by Gasteiger charge is -2.20. The predicted molar refractivity (Wildman–Crippen MR) is 77.8 cm³/mol. The van der Waals surface area contributed by atoms with Gasteiger partial charge in [-0.25, -0.2) is 16.8 Å². The maximum absolute atomic E-state index is 12.7. The lowest BCUT2D eigenvalue weighted by atomic mass is 10.0. The summed E-state index contributed by atoms with van der Waals surface area (Å²) in [5.41, 5.74) is 0.472. The number of benzene rings is 2. The van der Waals surface area contributed by atoms with Crippen LogP contribution in [-0.2, 0) is 19.7 Å². The van der Waals surface area contributed by atoms with Gasteiger partial charge in [0.05, 0.1) is 31.6 Å². The molecule has 0 aromatic heterocycles. The van der Waals surface area contributed by atoms with Crippen molar-refractivity contribution in [3.8, 4) is 6.07 Å². The Balaban J connectivity index is 2.42. The van der Waals surface area contributed by atoms with E-state index in [1.165, 1.54) is 42.5 Å². The zero-order valence-electron chi connectivity index (χ0n) is 11.5. The molecule has 1 aliphatic heterocycles. The Labute approximate surface area is 128 Å². The maximum atomic E-state index is 12.7. The summed E-state index contributed by atoms with van der Waals surface area (Å²) < 4.78 is 50.6. The van der Waals surface area contributed by atoms with Crippen molar-refractivity contribution in [3.05, 3.63) is 48.0 Å². The van der Waals surface area contributed by atoms with E-state index >= 15 is 0 Å². The lowest BCUT2D eigenvalue weighted by molar-refractivity contribution is 0.569. The van der Waals surface area contributed by atoms with Crippen LogP contribution in [-0.4, -0.2) is 16.8 Å². The van der Waals surface area contributed by atoms with Crippen molar-refractivity contribution in [2.75, 3.05) is 0 Å². The van der Waals surface area contributed by atoms with Crippen LogP contribution in [0.5, 0.6) is 0 Å². The molecule has 0 amide bonds. The Morgan fingerprint density at radius 1 is 0.864 bits per heavy atom. The molecule has 0 saturated heterocycles. The molecule has 3 rings (SSSR count). The number of hydrogen-bond donors (Lipinski definition) is 0. The van der Waals surface area contributed by atoms with Crippen LogP contribution in [0.1, 0.15) is 18.4 Å². The average Bonchev–Trinajstić information content (AvgIpc) is 2.52. The molecule has 0 saturated carbocycles. The quantitative estimate of drug-likeness (QED) is 0.681. The molecule has 2 aromatic carbocycles. The molecule has 5 nitrogen and oxygen atoms in total. The number of nitriles is 1. The summed E-state index contributed by atoms with van der Waals surface area (Å²) in [4.78, 5) is -0.918. The van der Waals surface area contributed by atoms with Crippen LogP contribution in [0, 0.1) is 11.3 Å². The zero-order chi connectivity index (χ0) is 16.1. The normalized spacial score (nSPS) is 18.5. The predicted octanol–water partition coefficient (Wildman–Crippen LogP) is 2.29. The van der Waals surface area contributed by atoms with E-state index in [2.05, 4.69) is 0 Å². The highest BCUT2D eigenvalue weighted by molar-refractivity contribution is 7.97. The zero-order valence-corrected chi connectivity index (χ0v) is 13.1. The van der Waals surface area contributed by atoms with Crippen LogP contribution in [0.4, 0.5) is 0 Å². The van der Waals surface area contributed by atoms with E-state index < -0.39 is 25.6 Å². The van der Waals surface area contributed by atoms with Crippen LogP contribution in [0.2, 0.25) is 0 Å². The summed E-state index contributed by atoms with van der Waals surface area (Å²) in [6.07, 6.45) is 0. The first-order valence-corrected chi connectivity index (χ1v) is 9.39. The second-order valence-corrected chi connectivity index (χ2v) is 8.78. The standard InChI is InChI=1S/C15H11NO4S2/c1-10(9-16)11-6-7-14-15(8-11)22(19,20)13-5-3-2-4-12(13)21(14,17)18/h2-8,10H,1H3. The van der Waals surface area contributed by atoms with Crippen molar-refractivity contribution in [2.24, 2.45) is 0 Å². The fraction of sp³-hybridized carbons (Fsp3) is 0.133. The van der Waals surface area contributed by atoms with Gasteiger partial charge in [-0.2, -0.15) is 5.26 Å². The van der Waals surface area contributed by atoms with Gasteiger partial charge in [-0.05, 0) is 36.8 Å². The van der Waals surface area contributed by atoms with Crippen molar-refractivity contribution >= 4 is 19.7 Å². The molecule has 2 aromatic rings. The van der Waals surface area contributed by atoms with Crippen molar-refractivity contribution < 1.29 is 16.8 Å². The van der Waals surface area contributed by atoms with Gasteiger partial charge in [0, 0.05) is 0 Å². The fourth-order valence-corrected chi connectivity index (χ4v) is 6.60. The Hall–Kier alpha value is -2.17. The minimum absolute atomic E-state index is 0.205. The number of fused-ring (bicyclic) bond motifs is 2. The summed E-state index contributed by atoms with van der Waals surface area (Å²) >= 11 is 0. The molecule has 0 bridgehead atoms. The molecular formula is C15H11NO4S2. The maximum Gasteiger partial charge on any atom is 0.209 e. The first kappa shape index (κ1) is 14.8. The minimum Gasteiger partial charge on any atom is -0.218 e. The Bertz CT molecular complexity index is 1030. The van der Waals surface area contributed by atoms with E-state index in [1.54, 1.807) is 6.92 Å². The van der Waals surface area contributed by atoms with Crippen LogP contribution in [0.3, 0.4) is 0 Å². The molecule has 0 aliphatic carbocycles. The number of nitrogens with zero attached hydrogens (tertiary/aromatic N) is 1. The van der Waals surface area contributed by atoms with Crippen molar-refractivity contribution in [3.63, 3.8) is 0 Å². The van der Waals surface area contributed by atoms with E-state index in [1.807, 2.05) is 6.07 Å². The molecule has 1 heterocycles. The van der Waals surface area contributed by atoms with Crippen LogP contribution < -0.4 is 0 Å². The lowest BCUT2D eigenvalue weighted by Crippen LogP contribution is -2.20. The van der Waals surface area contributed by atoms with E-state index in [-0.39, 0.29) is 19.6 Å². The monoisotopic (exact) mass is 333 g/mol. The third kappa shape index (κ3) is 1.88. The smallest absolute Gasteiger partial charge is 0.209 e. The Morgan fingerprint density at radius 3 is 1.91 bits per heavy atom. The molecule has 0 radical (unpaired) electrons. The SMILES string of the molecule is CC(C#N)c1ccc2c(c1)S(=O)(=O)c1ccccc1S2(=O)=O. The number of hydrogen-bond acceptors (Lipinski definition) is 5. The largest absolute Gasteiger partial charge is 0.218 e. The highest BCUT2D eigenvalue weighted by Crippen LogP contribution is 2.40. The van der Waals surface area contributed by atoms with Gasteiger partial charge in [-0.1, -0.05) is 18.2 Å². The van der Waals surface area contributed by atoms with Gasteiger partial charge in [0.25, 0.3) is 0 Å². The molecule has 0 spiro atoms. The second kappa shape index (κ2) is 4.66. The van der Waals surface area contributed by atoms with Gasteiger partial charge in [0.1, 0.15) is 0 Å². The van der Waals surface area contributed by atoms with Crippen molar-refractivity contribution in [2.45, 2.75) is 32.4 Å². The van der Waals surface area contributed by atoms with Gasteiger partial charge < -0.3 is 0 Å². The molecule has 22 heavy (non-hydrogen) atoms. The summed E-state index contributed by atoms with van der Waals surface area (Å²) in [6.45, 7) is 1.62. The van der Waals surface area contributed by atoms with Gasteiger partial charge >= 0.3 is 0 Å². The molecular weight excluding hydrogens is 322 g/mol. The van der Waals surface area contributed by atoms with Gasteiger partial charge in [0.15, 0.2) is 0 Å². The average molecular weight is 333 g/mol. The van der Waals surface area contributed by atoms with Crippen molar-refractivity contribution in [1.82, 2.24) is 0 Å². The topological polar surface area (TPSA) is 92.1 Å². The van der Waals surface area contributed by atoms with Crippen LogP contribution >= 0.6 is 0 Å². The summed E-state index contributed by atoms with van der Waals surface area (Å²) in [7, 11) is -7.81. The number of sulfone groups is 2. The van der Waals surface area contributed by atoms with E-state index in [9.17, 15) is 16.8 Å². The molecule has 1 aliphatic rings. The second-order valence-electron chi connectivity index (χ2n) is 5.01. The molecule has 7 heteroatoms. The number of rotatable bonds is 1. The fourth-order valence-electron chi connectivity index (χ4n) is 2.43. The van der Waals surface area contributed by atoms with Gasteiger partial charge in [-0.3, -0.25) is 0 Å². The van der Waals surface area contributed by atoms with Gasteiger partial charge in [-0.15, -0.1) is 0 Å². The van der Waals surface area contributed by atoms with E-state index in [4.69, 9.17) is 5.26 Å². The van der Waals surface area contributed by atoms with Gasteiger partial charge in [0.2, 0.25) is 19.7 Å². The first-order valence-electron chi connectivity index (χ1n) is 6.43. The van der Waals surface area contributed by atoms with Crippen LogP contribution in [0.15, 0.2) is 62.0 Å². The third-order valence-corrected chi connectivity index (χ3v) is 7.65. The molecule has 112 valence electrons. The van der Waals surface area contributed by atoms with E-state index in [0.29, 0.717) is 5.56 Å². The summed E-state index contributed by atoms with van der Waals surface area (Å²) in [6, 6.07) is 11.6. The molecule has 1 atom stereocenters. The summed E-state index contributed by atoms with van der Waals surface area (Å²) in [5, 5.41) is 8.97. The minimum atomic E-state index is -3.93. The summed E-state index contributed by atoms with van der Waals surface area (Å²) in [5.74, 6) is -0.527. The highest BCUT2D eigenvalue weighted by Gasteiger charge is 2.39. The van der Waals surface area contributed by atoms with E-state index in [0.717, 1.165) is 0 Å². The molecule has 1 unspecified atom stereocenters. The highest BCUT2D eigenvalue weighted by atomic mass is 32.2. The molecule has 0 fully saturated rings. The first-order chi connectivity index (χ1) is 10.3.